The van der Waals surface area contributed by atoms with Crippen LogP contribution < -0.4 is 0 Å². The van der Waals surface area contributed by atoms with Crippen molar-refractivity contribution in [1.29, 1.82) is 0 Å². The molecule has 2 heteroatoms. The first kappa shape index (κ1) is 9.69. The van der Waals surface area contributed by atoms with Gasteiger partial charge in [0.25, 0.3) is 0 Å². The summed E-state index contributed by atoms with van der Waals surface area (Å²) in [5.74, 6) is -0.532. The molecule has 1 aromatic carbocycles. The molecular weight excluding hydrogens is 176 g/mol. The van der Waals surface area contributed by atoms with Crippen LogP contribution in [0.1, 0.15) is 23.6 Å². The van der Waals surface area contributed by atoms with Crippen LogP contribution in [0.3, 0.4) is 0 Å². The molecule has 0 N–H and O–H groups in total. The van der Waals surface area contributed by atoms with Crippen LogP contribution in [0.2, 0.25) is 0 Å². The van der Waals surface area contributed by atoms with Gasteiger partial charge in [0, 0.05) is 5.56 Å². The minimum Gasteiger partial charge on any atom is -0.344 e. The highest BCUT2D eigenvalue weighted by Gasteiger charge is 2.34. The molecule has 2 rings (SSSR count). The van der Waals surface area contributed by atoms with Gasteiger partial charge < -0.3 is 9.47 Å². The van der Waals surface area contributed by atoms with E-state index < -0.39 is 5.79 Å². The maximum Gasteiger partial charge on any atom is 0.192 e. The average molecular weight is 192 g/mol. The van der Waals surface area contributed by atoms with E-state index in [-0.39, 0.29) is 0 Å². The van der Waals surface area contributed by atoms with E-state index in [0.717, 1.165) is 5.56 Å². The normalized spacial score (nSPS) is 19.9. The monoisotopic (exact) mass is 192 g/mol. The smallest absolute Gasteiger partial charge is 0.192 e. The number of benzene rings is 1. The largest absolute Gasteiger partial charge is 0.344 e. The van der Waals surface area contributed by atoms with Crippen molar-refractivity contribution < 1.29 is 9.47 Å². The molecule has 0 atom stereocenters. The summed E-state index contributed by atoms with van der Waals surface area (Å²) in [7, 11) is 0. The molecule has 1 saturated heterocycles. The molecule has 14 heavy (non-hydrogen) atoms. The van der Waals surface area contributed by atoms with E-state index in [9.17, 15) is 0 Å². The Bertz CT molecular complexity index is 338. The Morgan fingerprint density at radius 3 is 2.43 bits per heavy atom. The van der Waals surface area contributed by atoms with Gasteiger partial charge in [-0.3, -0.25) is 0 Å². The maximum atomic E-state index is 5.64. The van der Waals surface area contributed by atoms with Gasteiger partial charge in [-0.1, -0.05) is 23.8 Å². The summed E-state index contributed by atoms with van der Waals surface area (Å²) in [6.45, 7) is 7.53. The maximum absolute atomic E-state index is 5.64. The van der Waals surface area contributed by atoms with Crippen molar-refractivity contribution in [3.63, 3.8) is 0 Å². The van der Waals surface area contributed by atoms with Gasteiger partial charge >= 0.3 is 0 Å². The molecule has 0 aliphatic carbocycles. The van der Waals surface area contributed by atoms with Gasteiger partial charge in [-0.15, -0.1) is 0 Å². The second-order valence-corrected chi connectivity index (χ2v) is 3.96. The van der Waals surface area contributed by atoms with Crippen molar-refractivity contribution in [2.24, 2.45) is 0 Å². The van der Waals surface area contributed by atoms with Crippen molar-refractivity contribution in [2.75, 3.05) is 13.2 Å². The highest BCUT2D eigenvalue weighted by molar-refractivity contribution is 5.33. The standard InChI is InChI=1S/C12H16O2/c1-9-4-5-10(2)11(8-9)12(3)13-6-7-14-12/h4-5,8H,6-7H2,1-3H3. The van der Waals surface area contributed by atoms with Gasteiger partial charge in [0.1, 0.15) is 0 Å². The van der Waals surface area contributed by atoms with E-state index in [0.29, 0.717) is 13.2 Å². The molecule has 2 nitrogen and oxygen atoms in total. The summed E-state index contributed by atoms with van der Waals surface area (Å²) in [6, 6.07) is 6.36. The minimum absolute atomic E-state index is 0.532. The fourth-order valence-corrected chi connectivity index (χ4v) is 1.90. The number of aryl methyl sites for hydroxylation is 2. The van der Waals surface area contributed by atoms with Crippen molar-refractivity contribution in [1.82, 2.24) is 0 Å². The van der Waals surface area contributed by atoms with Crippen molar-refractivity contribution in [3.05, 3.63) is 34.9 Å². The average Bonchev–Trinajstić information content (AvgIpc) is 2.58. The van der Waals surface area contributed by atoms with Gasteiger partial charge in [0.2, 0.25) is 0 Å². The number of hydrogen-bond donors (Lipinski definition) is 0. The first-order valence-electron chi connectivity index (χ1n) is 4.97. The Morgan fingerprint density at radius 2 is 1.79 bits per heavy atom. The zero-order chi connectivity index (χ0) is 10.2. The van der Waals surface area contributed by atoms with Crippen LogP contribution in [0.15, 0.2) is 18.2 Å². The molecule has 0 aromatic heterocycles. The summed E-state index contributed by atoms with van der Waals surface area (Å²) in [4.78, 5) is 0. The van der Waals surface area contributed by atoms with Crippen LogP contribution in [0.25, 0.3) is 0 Å². The third kappa shape index (κ3) is 1.56. The lowest BCUT2D eigenvalue weighted by molar-refractivity contribution is -0.150. The molecule has 0 amide bonds. The van der Waals surface area contributed by atoms with Crippen LogP contribution in [-0.4, -0.2) is 13.2 Å². The lowest BCUT2D eigenvalue weighted by Gasteiger charge is -2.25. The molecule has 0 saturated carbocycles. The molecule has 1 fully saturated rings. The Balaban J connectivity index is 2.44. The van der Waals surface area contributed by atoms with Crippen molar-refractivity contribution in [3.8, 4) is 0 Å². The van der Waals surface area contributed by atoms with E-state index in [1.165, 1.54) is 11.1 Å². The summed E-state index contributed by atoms with van der Waals surface area (Å²) in [5.41, 5.74) is 3.61. The molecule has 0 unspecified atom stereocenters. The first-order valence-corrected chi connectivity index (χ1v) is 4.97. The van der Waals surface area contributed by atoms with Crippen LogP contribution in [-0.2, 0) is 15.3 Å². The molecule has 0 bridgehead atoms. The number of ether oxygens (including phenoxy) is 2. The van der Waals surface area contributed by atoms with E-state index in [1.807, 2.05) is 6.92 Å². The molecule has 76 valence electrons. The summed E-state index contributed by atoms with van der Waals surface area (Å²) in [5, 5.41) is 0. The summed E-state index contributed by atoms with van der Waals surface area (Å²) in [6.07, 6.45) is 0. The lowest BCUT2D eigenvalue weighted by Crippen LogP contribution is -2.23. The molecular formula is C12H16O2. The van der Waals surface area contributed by atoms with Gasteiger partial charge in [-0.25, -0.2) is 0 Å². The highest BCUT2D eigenvalue weighted by Crippen LogP contribution is 2.33. The Kier molecular flexibility index (Phi) is 2.33. The predicted molar refractivity (Wildman–Crippen MR) is 55.2 cm³/mol. The van der Waals surface area contributed by atoms with E-state index in [1.54, 1.807) is 0 Å². The summed E-state index contributed by atoms with van der Waals surface area (Å²) < 4.78 is 11.3. The lowest BCUT2D eigenvalue weighted by atomic mass is 9.99. The van der Waals surface area contributed by atoms with E-state index in [2.05, 4.69) is 32.0 Å². The van der Waals surface area contributed by atoms with Crippen molar-refractivity contribution >= 4 is 0 Å². The molecule has 0 spiro atoms. The third-order valence-corrected chi connectivity index (χ3v) is 2.72. The van der Waals surface area contributed by atoms with Gasteiger partial charge in [0.05, 0.1) is 13.2 Å². The minimum atomic E-state index is -0.532. The predicted octanol–water partition coefficient (Wildman–Crippen LogP) is 2.52. The van der Waals surface area contributed by atoms with Crippen LogP contribution >= 0.6 is 0 Å². The quantitative estimate of drug-likeness (QED) is 0.680. The third-order valence-electron chi connectivity index (χ3n) is 2.72. The fraction of sp³-hybridized carbons (Fsp3) is 0.500. The highest BCUT2D eigenvalue weighted by atomic mass is 16.7. The van der Waals surface area contributed by atoms with Crippen molar-refractivity contribution in [2.45, 2.75) is 26.6 Å². The Hall–Kier alpha value is -0.860. The second kappa shape index (κ2) is 3.37. The fourth-order valence-electron chi connectivity index (χ4n) is 1.90. The molecule has 1 aliphatic rings. The molecule has 0 radical (unpaired) electrons. The SMILES string of the molecule is Cc1ccc(C)c(C2(C)OCCO2)c1. The first-order chi connectivity index (χ1) is 6.62. The van der Waals surface area contributed by atoms with Crippen LogP contribution in [0, 0.1) is 13.8 Å². The molecule has 1 aromatic rings. The topological polar surface area (TPSA) is 18.5 Å². The zero-order valence-electron chi connectivity index (χ0n) is 8.96. The van der Waals surface area contributed by atoms with Gasteiger partial charge in [0.15, 0.2) is 5.79 Å². The van der Waals surface area contributed by atoms with E-state index >= 15 is 0 Å². The number of rotatable bonds is 1. The molecule has 1 aliphatic heterocycles. The number of hydrogen-bond acceptors (Lipinski definition) is 2. The Labute approximate surface area is 84.8 Å². The van der Waals surface area contributed by atoms with Gasteiger partial charge in [-0.05, 0) is 26.3 Å². The van der Waals surface area contributed by atoms with Crippen LogP contribution in [0.5, 0.6) is 0 Å². The van der Waals surface area contributed by atoms with E-state index in [4.69, 9.17) is 9.47 Å². The summed E-state index contributed by atoms with van der Waals surface area (Å²) >= 11 is 0. The Morgan fingerprint density at radius 1 is 1.14 bits per heavy atom. The molecule has 1 heterocycles. The second-order valence-electron chi connectivity index (χ2n) is 3.96. The zero-order valence-corrected chi connectivity index (χ0v) is 8.96. The van der Waals surface area contributed by atoms with Crippen LogP contribution in [0.4, 0.5) is 0 Å². The van der Waals surface area contributed by atoms with Gasteiger partial charge in [-0.2, -0.15) is 0 Å².